The smallest absolute Gasteiger partial charge is 0.126 e. The normalized spacial score (nSPS) is 12.4. The Hall–Kier alpha value is -1.32. The lowest BCUT2D eigenvalue weighted by Crippen LogP contribution is -2.00. The summed E-state index contributed by atoms with van der Waals surface area (Å²) < 4.78 is 13.5. The molecule has 0 spiro atoms. The lowest BCUT2D eigenvalue weighted by Gasteiger charge is -2.12. The van der Waals surface area contributed by atoms with E-state index in [-0.39, 0.29) is 5.82 Å². The summed E-state index contributed by atoms with van der Waals surface area (Å²) in [6.45, 7) is 3.81. The first-order chi connectivity index (χ1) is 9.11. The molecular formula is C16H17FOS. The van der Waals surface area contributed by atoms with E-state index in [9.17, 15) is 9.50 Å². The summed E-state index contributed by atoms with van der Waals surface area (Å²) in [7, 11) is 0. The molecule has 0 saturated carbocycles. The Balaban J connectivity index is 2.22. The van der Waals surface area contributed by atoms with Crippen LogP contribution in [0.5, 0.6) is 0 Å². The van der Waals surface area contributed by atoms with Crippen molar-refractivity contribution in [2.24, 2.45) is 0 Å². The van der Waals surface area contributed by atoms with E-state index < -0.39 is 6.10 Å². The number of thioether (sulfide) groups is 1. The Bertz CT molecular complexity index is 551. The van der Waals surface area contributed by atoms with Gasteiger partial charge in [-0.25, -0.2) is 4.39 Å². The minimum Gasteiger partial charge on any atom is -0.384 e. The van der Waals surface area contributed by atoms with Gasteiger partial charge in [-0.2, -0.15) is 0 Å². The molecule has 2 aromatic carbocycles. The zero-order valence-corrected chi connectivity index (χ0v) is 11.9. The molecule has 0 aliphatic carbocycles. The second kappa shape index (κ2) is 6.22. The van der Waals surface area contributed by atoms with E-state index in [1.807, 2.05) is 24.3 Å². The van der Waals surface area contributed by atoms with Crippen LogP contribution in [0.3, 0.4) is 0 Å². The summed E-state index contributed by atoms with van der Waals surface area (Å²) in [5, 5.41) is 10.3. The van der Waals surface area contributed by atoms with Gasteiger partial charge in [0.05, 0.1) is 0 Å². The molecular weight excluding hydrogens is 259 g/mol. The third-order valence-electron chi connectivity index (χ3n) is 3.02. The molecule has 2 aromatic rings. The third kappa shape index (κ3) is 3.37. The highest BCUT2D eigenvalue weighted by Gasteiger charge is 2.12. The molecule has 1 N–H and O–H groups in total. The van der Waals surface area contributed by atoms with Gasteiger partial charge in [0.15, 0.2) is 0 Å². The van der Waals surface area contributed by atoms with Crippen LogP contribution in [-0.4, -0.2) is 10.9 Å². The highest BCUT2D eigenvalue weighted by atomic mass is 32.2. The molecule has 0 heterocycles. The van der Waals surface area contributed by atoms with Crippen molar-refractivity contribution in [1.82, 2.24) is 0 Å². The van der Waals surface area contributed by atoms with Crippen molar-refractivity contribution >= 4 is 11.8 Å². The highest BCUT2D eigenvalue weighted by Crippen LogP contribution is 2.26. The summed E-state index contributed by atoms with van der Waals surface area (Å²) in [6.07, 6.45) is -0.782. The number of halogens is 1. The summed E-state index contributed by atoms with van der Waals surface area (Å²) in [6, 6.07) is 12.6. The Labute approximate surface area is 117 Å². The number of aliphatic hydroxyl groups excluding tert-OH is 1. The largest absolute Gasteiger partial charge is 0.384 e. The van der Waals surface area contributed by atoms with Gasteiger partial charge in [0.1, 0.15) is 11.9 Å². The molecule has 0 bridgehead atoms. The number of hydrogen-bond acceptors (Lipinski definition) is 2. The van der Waals surface area contributed by atoms with Crippen molar-refractivity contribution in [3.8, 4) is 0 Å². The van der Waals surface area contributed by atoms with Gasteiger partial charge in [-0.3, -0.25) is 0 Å². The standard InChI is InChI=1S/C16H17FOS/c1-3-19-14-8-6-12(7-9-14)16(18)13-5-4-11(2)15(17)10-13/h4-10,16,18H,3H2,1-2H3. The SMILES string of the molecule is CCSc1ccc(C(O)c2ccc(C)c(F)c2)cc1. The fourth-order valence-corrected chi connectivity index (χ4v) is 2.55. The Morgan fingerprint density at radius 3 is 2.32 bits per heavy atom. The zero-order chi connectivity index (χ0) is 13.8. The van der Waals surface area contributed by atoms with Gasteiger partial charge in [-0.1, -0.05) is 31.2 Å². The molecule has 3 heteroatoms. The zero-order valence-electron chi connectivity index (χ0n) is 11.1. The van der Waals surface area contributed by atoms with Gasteiger partial charge in [0, 0.05) is 4.90 Å². The number of hydrogen-bond donors (Lipinski definition) is 1. The molecule has 0 saturated heterocycles. The Kier molecular flexibility index (Phi) is 4.61. The molecule has 0 fully saturated rings. The van der Waals surface area contributed by atoms with Crippen molar-refractivity contribution in [3.63, 3.8) is 0 Å². The highest BCUT2D eigenvalue weighted by molar-refractivity contribution is 7.99. The molecule has 19 heavy (non-hydrogen) atoms. The molecule has 0 amide bonds. The minimum atomic E-state index is -0.782. The van der Waals surface area contributed by atoms with Crippen LogP contribution in [0.4, 0.5) is 4.39 Å². The predicted octanol–water partition coefficient (Wildman–Crippen LogP) is 4.33. The maximum atomic E-state index is 13.5. The average molecular weight is 276 g/mol. The first-order valence-electron chi connectivity index (χ1n) is 6.28. The molecule has 1 unspecified atom stereocenters. The lowest BCUT2D eigenvalue weighted by atomic mass is 10.0. The third-order valence-corrected chi connectivity index (χ3v) is 3.91. The van der Waals surface area contributed by atoms with E-state index in [0.29, 0.717) is 11.1 Å². The number of aryl methyl sites for hydroxylation is 1. The van der Waals surface area contributed by atoms with E-state index in [1.54, 1.807) is 30.8 Å². The quantitative estimate of drug-likeness (QED) is 0.839. The van der Waals surface area contributed by atoms with Crippen molar-refractivity contribution in [2.75, 3.05) is 5.75 Å². The van der Waals surface area contributed by atoms with Crippen molar-refractivity contribution in [2.45, 2.75) is 24.8 Å². The number of aliphatic hydroxyl groups is 1. The van der Waals surface area contributed by atoms with Crippen LogP contribution < -0.4 is 0 Å². The van der Waals surface area contributed by atoms with Crippen molar-refractivity contribution in [3.05, 3.63) is 65.0 Å². The molecule has 1 nitrogen and oxygen atoms in total. The fourth-order valence-electron chi connectivity index (χ4n) is 1.88. The molecule has 0 aromatic heterocycles. The molecule has 1 atom stereocenters. The van der Waals surface area contributed by atoms with Gasteiger partial charge < -0.3 is 5.11 Å². The van der Waals surface area contributed by atoms with Gasteiger partial charge in [-0.05, 0) is 47.6 Å². The van der Waals surface area contributed by atoms with Crippen molar-refractivity contribution in [1.29, 1.82) is 0 Å². The summed E-state index contributed by atoms with van der Waals surface area (Å²) in [5.74, 6) is 0.736. The number of benzene rings is 2. The van der Waals surface area contributed by atoms with Crippen LogP contribution in [0.15, 0.2) is 47.4 Å². The first kappa shape index (κ1) is 14.1. The van der Waals surface area contributed by atoms with E-state index in [0.717, 1.165) is 11.3 Å². The molecule has 0 radical (unpaired) electrons. The molecule has 0 aliphatic rings. The van der Waals surface area contributed by atoms with Crippen LogP contribution in [0, 0.1) is 12.7 Å². The minimum absolute atomic E-state index is 0.283. The molecule has 100 valence electrons. The first-order valence-corrected chi connectivity index (χ1v) is 7.27. The maximum Gasteiger partial charge on any atom is 0.126 e. The van der Waals surface area contributed by atoms with E-state index in [4.69, 9.17) is 0 Å². The van der Waals surface area contributed by atoms with Gasteiger partial charge in [0.2, 0.25) is 0 Å². The van der Waals surface area contributed by atoms with E-state index in [1.165, 1.54) is 11.0 Å². The fraction of sp³-hybridized carbons (Fsp3) is 0.250. The molecule has 2 rings (SSSR count). The Morgan fingerprint density at radius 2 is 1.74 bits per heavy atom. The predicted molar refractivity (Wildman–Crippen MR) is 78.0 cm³/mol. The average Bonchev–Trinajstić information content (AvgIpc) is 2.42. The second-order valence-corrected chi connectivity index (χ2v) is 5.75. The topological polar surface area (TPSA) is 20.2 Å². The number of rotatable bonds is 4. The van der Waals surface area contributed by atoms with Crippen LogP contribution in [0.1, 0.15) is 29.7 Å². The van der Waals surface area contributed by atoms with Gasteiger partial charge >= 0.3 is 0 Å². The van der Waals surface area contributed by atoms with E-state index in [2.05, 4.69) is 6.92 Å². The lowest BCUT2D eigenvalue weighted by molar-refractivity contribution is 0.219. The summed E-state index contributed by atoms with van der Waals surface area (Å²) in [5.41, 5.74) is 1.95. The summed E-state index contributed by atoms with van der Waals surface area (Å²) in [4.78, 5) is 1.17. The Morgan fingerprint density at radius 1 is 1.11 bits per heavy atom. The van der Waals surface area contributed by atoms with Crippen LogP contribution in [0.25, 0.3) is 0 Å². The van der Waals surface area contributed by atoms with Crippen LogP contribution >= 0.6 is 11.8 Å². The summed E-state index contributed by atoms with van der Waals surface area (Å²) >= 11 is 1.75. The van der Waals surface area contributed by atoms with Gasteiger partial charge in [-0.15, -0.1) is 11.8 Å². The maximum absolute atomic E-state index is 13.5. The molecule has 0 aliphatic heterocycles. The van der Waals surface area contributed by atoms with E-state index >= 15 is 0 Å². The van der Waals surface area contributed by atoms with Crippen LogP contribution in [0.2, 0.25) is 0 Å². The van der Waals surface area contributed by atoms with Crippen LogP contribution in [-0.2, 0) is 0 Å². The van der Waals surface area contributed by atoms with Gasteiger partial charge in [0.25, 0.3) is 0 Å². The second-order valence-electron chi connectivity index (χ2n) is 4.41. The monoisotopic (exact) mass is 276 g/mol. The van der Waals surface area contributed by atoms with Crippen molar-refractivity contribution < 1.29 is 9.50 Å².